The first-order valence-electron chi connectivity index (χ1n) is 7.88. The van der Waals surface area contributed by atoms with Crippen molar-refractivity contribution in [2.75, 3.05) is 5.32 Å². The zero-order chi connectivity index (χ0) is 16.6. The van der Waals surface area contributed by atoms with E-state index in [1.807, 2.05) is 32.9 Å². The summed E-state index contributed by atoms with van der Waals surface area (Å²) in [4.78, 5) is 12.5. The van der Waals surface area contributed by atoms with Crippen LogP contribution < -0.4 is 5.32 Å². The van der Waals surface area contributed by atoms with Gasteiger partial charge in [0.15, 0.2) is 0 Å². The van der Waals surface area contributed by atoms with Gasteiger partial charge in [0.25, 0.3) is 0 Å². The lowest BCUT2D eigenvalue weighted by molar-refractivity contribution is -0.120. The van der Waals surface area contributed by atoms with E-state index in [0.717, 1.165) is 29.8 Å². The van der Waals surface area contributed by atoms with E-state index in [9.17, 15) is 9.90 Å². The van der Waals surface area contributed by atoms with Crippen molar-refractivity contribution in [3.63, 3.8) is 0 Å². The number of phenols is 1. The van der Waals surface area contributed by atoms with Crippen molar-refractivity contribution in [1.82, 2.24) is 15.4 Å². The number of nitrogens with zero attached hydrogens (tertiary/aromatic N) is 2. The van der Waals surface area contributed by atoms with Crippen LogP contribution in [0.5, 0.6) is 5.75 Å². The average Bonchev–Trinajstić information content (AvgIpc) is 2.95. The number of aromatic nitrogens is 3. The lowest BCUT2D eigenvalue weighted by Gasteiger charge is -2.23. The Bertz CT molecular complexity index is 730. The predicted molar refractivity (Wildman–Crippen MR) is 87.3 cm³/mol. The maximum atomic E-state index is 12.5. The molecule has 0 fully saturated rings. The molecule has 1 aliphatic carbocycles. The first-order chi connectivity index (χ1) is 10.9. The van der Waals surface area contributed by atoms with Crippen molar-refractivity contribution >= 4 is 11.6 Å². The number of aryl methyl sites for hydroxylation is 1. The summed E-state index contributed by atoms with van der Waals surface area (Å²) in [6, 6.07) is 5.46. The highest BCUT2D eigenvalue weighted by Gasteiger charge is 2.28. The fraction of sp³-hybridized carbons (Fsp3) is 0.471. The Morgan fingerprint density at radius 2 is 2.04 bits per heavy atom. The zero-order valence-electron chi connectivity index (χ0n) is 13.7. The molecule has 1 aromatic carbocycles. The van der Waals surface area contributed by atoms with Gasteiger partial charge in [0.05, 0.1) is 17.1 Å². The maximum absolute atomic E-state index is 12.5. The molecule has 0 radical (unpaired) electrons. The number of benzene rings is 1. The molecule has 2 aromatic rings. The molecule has 0 spiro atoms. The van der Waals surface area contributed by atoms with Crippen molar-refractivity contribution in [3.05, 3.63) is 35.2 Å². The lowest BCUT2D eigenvalue weighted by atomic mass is 9.85. The fourth-order valence-corrected chi connectivity index (χ4v) is 2.99. The second kappa shape index (κ2) is 5.68. The third-order valence-electron chi connectivity index (χ3n) is 4.35. The molecular formula is C17H22N4O2. The number of rotatable bonds is 2. The second-order valence-electron chi connectivity index (χ2n) is 7.10. The van der Waals surface area contributed by atoms with Gasteiger partial charge in [0.2, 0.25) is 5.91 Å². The fourth-order valence-electron chi connectivity index (χ4n) is 2.99. The van der Waals surface area contributed by atoms with E-state index in [4.69, 9.17) is 0 Å². The first-order valence-corrected chi connectivity index (χ1v) is 7.88. The van der Waals surface area contributed by atoms with Crippen LogP contribution in [0.1, 0.15) is 44.1 Å². The number of hydrogen-bond donors (Lipinski definition) is 3. The van der Waals surface area contributed by atoms with Crippen LogP contribution in [0.4, 0.5) is 5.69 Å². The molecule has 1 aromatic heterocycles. The number of anilines is 1. The number of H-pyrrole nitrogens is 1. The summed E-state index contributed by atoms with van der Waals surface area (Å²) < 4.78 is 0. The molecular weight excluding hydrogens is 292 g/mol. The van der Waals surface area contributed by atoms with Gasteiger partial charge in [-0.05, 0) is 24.3 Å². The van der Waals surface area contributed by atoms with Gasteiger partial charge in [-0.3, -0.25) is 4.79 Å². The third kappa shape index (κ3) is 3.06. The highest BCUT2D eigenvalue weighted by molar-refractivity contribution is 5.94. The molecule has 0 bridgehead atoms. The van der Waals surface area contributed by atoms with Gasteiger partial charge in [-0.2, -0.15) is 15.4 Å². The van der Waals surface area contributed by atoms with E-state index in [2.05, 4.69) is 20.7 Å². The van der Waals surface area contributed by atoms with Crippen molar-refractivity contribution < 1.29 is 9.90 Å². The Labute approximate surface area is 135 Å². The largest absolute Gasteiger partial charge is 0.505 e. The molecule has 122 valence electrons. The van der Waals surface area contributed by atoms with Crippen LogP contribution in [0.3, 0.4) is 0 Å². The monoisotopic (exact) mass is 314 g/mol. The predicted octanol–water partition coefficient (Wildman–Crippen LogP) is 2.55. The number of para-hydroxylation sites is 1. The van der Waals surface area contributed by atoms with Crippen LogP contribution >= 0.6 is 0 Å². The van der Waals surface area contributed by atoms with Crippen LogP contribution in [0.15, 0.2) is 18.2 Å². The Morgan fingerprint density at radius 3 is 2.78 bits per heavy atom. The van der Waals surface area contributed by atoms with Gasteiger partial charge in [-0.25, -0.2) is 0 Å². The van der Waals surface area contributed by atoms with Crippen LogP contribution in [-0.2, 0) is 23.1 Å². The number of phenolic OH excluding ortho intramolecular Hbond substituents is 1. The number of aromatic amines is 1. The molecule has 3 N–H and O–H groups in total. The minimum absolute atomic E-state index is 0.0833. The molecule has 1 aliphatic rings. The molecule has 3 rings (SSSR count). The van der Waals surface area contributed by atoms with E-state index < -0.39 is 0 Å². The Morgan fingerprint density at radius 1 is 1.30 bits per heavy atom. The van der Waals surface area contributed by atoms with Gasteiger partial charge >= 0.3 is 0 Å². The van der Waals surface area contributed by atoms with Gasteiger partial charge < -0.3 is 10.4 Å². The summed E-state index contributed by atoms with van der Waals surface area (Å²) in [6.45, 7) is 6.09. The second-order valence-corrected chi connectivity index (χ2v) is 7.10. The van der Waals surface area contributed by atoms with Crippen LogP contribution in [0.25, 0.3) is 0 Å². The van der Waals surface area contributed by atoms with Crippen molar-refractivity contribution in [2.24, 2.45) is 5.92 Å². The van der Waals surface area contributed by atoms with Crippen molar-refractivity contribution in [1.29, 1.82) is 0 Å². The molecule has 1 unspecified atom stereocenters. The van der Waals surface area contributed by atoms with E-state index >= 15 is 0 Å². The molecule has 0 saturated heterocycles. The SMILES string of the molecule is CC(C)(C)c1cccc(NC(=O)C2CCc3n[nH]nc3C2)c1O. The number of carbonyl (C=O) groups excluding carboxylic acids is 1. The highest BCUT2D eigenvalue weighted by atomic mass is 16.3. The van der Waals surface area contributed by atoms with E-state index in [1.165, 1.54) is 0 Å². The molecule has 0 aliphatic heterocycles. The summed E-state index contributed by atoms with van der Waals surface area (Å²) in [5, 5.41) is 24.1. The number of nitrogens with one attached hydrogen (secondary N) is 2. The normalized spacial score (nSPS) is 17.6. The van der Waals surface area contributed by atoms with Gasteiger partial charge in [-0.1, -0.05) is 32.9 Å². The third-order valence-corrected chi connectivity index (χ3v) is 4.35. The average molecular weight is 314 g/mol. The molecule has 1 heterocycles. The Kier molecular flexibility index (Phi) is 3.83. The summed E-state index contributed by atoms with van der Waals surface area (Å²) in [6.07, 6.45) is 2.07. The summed E-state index contributed by atoms with van der Waals surface area (Å²) in [7, 11) is 0. The molecule has 23 heavy (non-hydrogen) atoms. The van der Waals surface area contributed by atoms with Gasteiger partial charge in [-0.15, -0.1) is 0 Å². The summed E-state index contributed by atoms with van der Waals surface area (Å²) in [5.41, 5.74) is 2.91. The van der Waals surface area contributed by atoms with Crippen molar-refractivity contribution in [2.45, 2.75) is 45.4 Å². The van der Waals surface area contributed by atoms with E-state index in [1.54, 1.807) is 6.07 Å². The smallest absolute Gasteiger partial charge is 0.227 e. The Balaban J connectivity index is 1.77. The molecule has 6 heteroatoms. The number of aromatic hydroxyl groups is 1. The topological polar surface area (TPSA) is 90.9 Å². The quantitative estimate of drug-likeness (QED) is 0.743. The Hall–Kier alpha value is -2.37. The van der Waals surface area contributed by atoms with Crippen molar-refractivity contribution in [3.8, 4) is 5.75 Å². The van der Waals surface area contributed by atoms with Crippen LogP contribution in [0, 0.1) is 5.92 Å². The minimum atomic E-state index is -0.189. The molecule has 0 saturated carbocycles. The number of carbonyl (C=O) groups is 1. The molecule has 6 nitrogen and oxygen atoms in total. The molecule has 1 amide bonds. The lowest BCUT2D eigenvalue weighted by Crippen LogP contribution is -2.28. The van der Waals surface area contributed by atoms with Gasteiger partial charge in [0.1, 0.15) is 5.75 Å². The first kappa shape index (κ1) is 15.5. The van der Waals surface area contributed by atoms with E-state index in [0.29, 0.717) is 12.1 Å². The standard InChI is InChI=1S/C17H22N4O2/c1-17(2,3)11-5-4-6-13(15(11)22)18-16(23)10-7-8-12-14(9-10)20-21-19-12/h4-6,10,22H,7-9H2,1-3H3,(H,18,23)(H,19,20,21). The zero-order valence-corrected chi connectivity index (χ0v) is 13.7. The summed E-state index contributed by atoms with van der Waals surface area (Å²) >= 11 is 0. The number of hydrogen-bond acceptors (Lipinski definition) is 4. The molecule has 1 atom stereocenters. The van der Waals surface area contributed by atoms with Gasteiger partial charge in [0, 0.05) is 17.9 Å². The number of amides is 1. The number of fused-ring (bicyclic) bond motifs is 1. The van der Waals surface area contributed by atoms with Crippen LogP contribution in [0.2, 0.25) is 0 Å². The minimum Gasteiger partial charge on any atom is -0.505 e. The maximum Gasteiger partial charge on any atom is 0.227 e. The summed E-state index contributed by atoms with van der Waals surface area (Å²) in [5.74, 6) is -0.0865. The van der Waals surface area contributed by atoms with E-state index in [-0.39, 0.29) is 23.0 Å². The highest BCUT2D eigenvalue weighted by Crippen LogP contribution is 2.36. The van der Waals surface area contributed by atoms with Crippen LogP contribution in [-0.4, -0.2) is 26.4 Å².